The molecular formula is C17H19N5O2. The summed E-state index contributed by atoms with van der Waals surface area (Å²) >= 11 is 0. The fraction of sp³-hybridized carbons (Fsp3) is 0.294. The van der Waals surface area contributed by atoms with Crippen LogP contribution in [0.1, 0.15) is 25.2 Å². The fourth-order valence-corrected chi connectivity index (χ4v) is 2.23. The van der Waals surface area contributed by atoms with Crippen molar-refractivity contribution in [3.63, 3.8) is 0 Å². The van der Waals surface area contributed by atoms with Gasteiger partial charge in [0.15, 0.2) is 0 Å². The van der Waals surface area contributed by atoms with Crippen LogP contribution in [0.4, 0.5) is 0 Å². The number of nitrogens with zero attached hydrogens (tertiary/aromatic N) is 4. The van der Waals surface area contributed by atoms with Crippen molar-refractivity contribution >= 4 is 5.91 Å². The van der Waals surface area contributed by atoms with Gasteiger partial charge in [-0.25, -0.2) is 4.98 Å². The molecule has 0 saturated heterocycles. The summed E-state index contributed by atoms with van der Waals surface area (Å²) in [5, 5.41) is 6.89. The summed E-state index contributed by atoms with van der Waals surface area (Å²) in [6.07, 6.45) is 5.63. The van der Waals surface area contributed by atoms with Crippen molar-refractivity contribution in [2.75, 3.05) is 6.54 Å². The Labute approximate surface area is 139 Å². The summed E-state index contributed by atoms with van der Waals surface area (Å²) in [6, 6.07) is 9.64. The average molecular weight is 325 g/mol. The average Bonchev–Trinajstić information content (AvgIpc) is 3.30. The molecule has 0 bridgehead atoms. The van der Waals surface area contributed by atoms with Crippen molar-refractivity contribution in [2.45, 2.75) is 25.8 Å². The number of aromatic nitrogens is 4. The third-order valence-corrected chi connectivity index (χ3v) is 3.66. The SMILES string of the molecule is CC(CNC(=O)CCn1ccnc1)c1nc(-c2ccccc2)no1. The van der Waals surface area contributed by atoms with Gasteiger partial charge in [-0.1, -0.05) is 42.4 Å². The van der Waals surface area contributed by atoms with Crippen LogP contribution in [-0.4, -0.2) is 32.1 Å². The van der Waals surface area contributed by atoms with E-state index >= 15 is 0 Å². The molecule has 24 heavy (non-hydrogen) atoms. The first-order valence-electron chi connectivity index (χ1n) is 7.84. The predicted octanol–water partition coefficient (Wildman–Crippen LogP) is 2.24. The van der Waals surface area contributed by atoms with Gasteiger partial charge in [0, 0.05) is 37.5 Å². The Hall–Kier alpha value is -2.96. The quantitative estimate of drug-likeness (QED) is 0.720. The standard InChI is InChI=1S/C17H19N5O2/c1-13(11-19-15(23)7-9-22-10-8-18-12-22)17-20-16(21-24-17)14-5-3-2-4-6-14/h2-6,8,10,12-13H,7,9,11H2,1H3,(H,19,23). The van der Waals surface area contributed by atoms with Crippen LogP contribution in [-0.2, 0) is 11.3 Å². The van der Waals surface area contributed by atoms with E-state index in [-0.39, 0.29) is 11.8 Å². The molecule has 2 aromatic heterocycles. The van der Waals surface area contributed by atoms with Crippen molar-refractivity contribution in [1.82, 2.24) is 25.0 Å². The highest BCUT2D eigenvalue weighted by Crippen LogP contribution is 2.18. The molecule has 0 fully saturated rings. The van der Waals surface area contributed by atoms with Gasteiger partial charge in [0.25, 0.3) is 0 Å². The molecule has 1 unspecified atom stereocenters. The van der Waals surface area contributed by atoms with Gasteiger partial charge >= 0.3 is 0 Å². The lowest BCUT2D eigenvalue weighted by molar-refractivity contribution is -0.121. The molecule has 3 rings (SSSR count). The van der Waals surface area contributed by atoms with E-state index in [0.29, 0.717) is 31.2 Å². The maximum atomic E-state index is 11.9. The van der Waals surface area contributed by atoms with Crippen molar-refractivity contribution in [3.8, 4) is 11.4 Å². The normalized spacial score (nSPS) is 12.0. The number of hydrogen-bond donors (Lipinski definition) is 1. The summed E-state index contributed by atoms with van der Waals surface area (Å²) in [5.41, 5.74) is 0.907. The molecule has 1 aromatic carbocycles. The van der Waals surface area contributed by atoms with Crippen LogP contribution < -0.4 is 5.32 Å². The molecule has 124 valence electrons. The Bertz CT molecular complexity index is 767. The number of carbonyl (C=O) groups is 1. The first-order chi connectivity index (χ1) is 11.7. The Morgan fingerprint density at radius 3 is 2.92 bits per heavy atom. The lowest BCUT2D eigenvalue weighted by Crippen LogP contribution is -2.28. The van der Waals surface area contributed by atoms with Gasteiger partial charge in [-0.3, -0.25) is 4.79 Å². The van der Waals surface area contributed by atoms with Crippen LogP contribution in [0.5, 0.6) is 0 Å². The van der Waals surface area contributed by atoms with E-state index in [1.54, 1.807) is 12.5 Å². The van der Waals surface area contributed by atoms with Crippen molar-refractivity contribution in [3.05, 3.63) is 54.9 Å². The molecule has 1 atom stereocenters. The molecule has 1 amide bonds. The largest absolute Gasteiger partial charge is 0.355 e. The van der Waals surface area contributed by atoms with Crippen LogP contribution in [0.2, 0.25) is 0 Å². The minimum atomic E-state index is -0.0489. The summed E-state index contributed by atoms with van der Waals surface area (Å²) in [7, 11) is 0. The Kier molecular flexibility index (Phi) is 5.00. The molecule has 7 nitrogen and oxygen atoms in total. The van der Waals surface area contributed by atoms with E-state index in [0.717, 1.165) is 5.56 Å². The van der Waals surface area contributed by atoms with E-state index in [1.807, 2.05) is 48.0 Å². The third kappa shape index (κ3) is 4.07. The number of hydrogen-bond acceptors (Lipinski definition) is 5. The lowest BCUT2D eigenvalue weighted by Gasteiger charge is -2.09. The minimum absolute atomic E-state index is 0.0154. The number of benzene rings is 1. The fourth-order valence-electron chi connectivity index (χ4n) is 2.23. The zero-order valence-corrected chi connectivity index (χ0v) is 13.4. The zero-order chi connectivity index (χ0) is 16.8. The molecule has 7 heteroatoms. The predicted molar refractivity (Wildman–Crippen MR) is 88.0 cm³/mol. The molecular weight excluding hydrogens is 306 g/mol. The van der Waals surface area contributed by atoms with Gasteiger partial charge < -0.3 is 14.4 Å². The highest BCUT2D eigenvalue weighted by Gasteiger charge is 2.16. The number of carbonyl (C=O) groups excluding carboxylic acids is 1. The Morgan fingerprint density at radius 2 is 2.17 bits per heavy atom. The Balaban J connectivity index is 1.49. The van der Waals surface area contributed by atoms with Crippen LogP contribution in [0, 0.1) is 0 Å². The number of rotatable bonds is 7. The maximum absolute atomic E-state index is 11.9. The van der Waals surface area contributed by atoms with Crippen LogP contribution in [0.25, 0.3) is 11.4 Å². The number of nitrogens with one attached hydrogen (secondary N) is 1. The summed E-state index contributed by atoms with van der Waals surface area (Å²) in [6.45, 7) is 3.01. The lowest BCUT2D eigenvalue weighted by atomic mass is 10.1. The van der Waals surface area contributed by atoms with Gasteiger partial charge in [-0.05, 0) is 0 Å². The number of imidazole rings is 1. The summed E-state index contributed by atoms with van der Waals surface area (Å²) in [5.74, 6) is 1.01. The van der Waals surface area contributed by atoms with Crippen LogP contribution >= 0.6 is 0 Å². The second-order valence-electron chi connectivity index (χ2n) is 5.58. The third-order valence-electron chi connectivity index (χ3n) is 3.66. The van der Waals surface area contributed by atoms with Crippen LogP contribution in [0.15, 0.2) is 53.6 Å². The van der Waals surface area contributed by atoms with E-state index in [2.05, 4.69) is 20.4 Å². The molecule has 0 radical (unpaired) electrons. The molecule has 3 aromatic rings. The second kappa shape index (κ2) is 7.54. The first-order valence-corrected chi connectivity index (χ1v) is 7.84. The van der Waals surface area contributed by atoms with Gasteiger partial charge in [0.05, 0.1) is 12.2 Å². The summed E-state index contributed by atoms with van der Waals surface area (Å²) in [4.78, 5) is 20.2. The topological polar surface area (TPSA) is 85.8 Å². The van der Waals surface area contributed by atoms with Gasteiger partial charge in [0.1, 0.15) is 0 Å². The Morgan fingerprint density at radius 1 is 1.33 bits per heavy atom. The second-order valence-corrected chi connectivity index (χ2v) is 5.58. The van der Waals surface area contributed by atoms with E-state index in [9.17, 15) is 4.79 Å². The van der Waals surface area contributed by atoms with Crippen LogP contribution in [0.3, 0.4) is 0 Å². The molecule has 2 heterocycles. The van der Waals surface area contributed by atoms with E-state index in [1.165, 1.54) is 0 Å². The highest BCUT2D eigenvalue weighted by atomic mass is 16.5. The molecule has 0 aliphatic rings. The number of aryl methyl sites for hydroxylation is 1. The van der Waals surface area contributed by atoms with Gasteiger partial charge in [-0.15, -0.1) is 0 Å². The zero-order valence-electron chi connectivity index (χ0n) is 13.4. The first kappa shape index (κ1) is 15.9. The van der Waals surface area contributed by atoms with Crippen molar-refractivity contribution in [2.24, 2.45) is 0 Å². The number of amides is 1. The molecule has 0 aliphatic carbocycles. The van der Waals surface area contributed by atoms with Crippen molar-refractivity contribution in [1.29, 1.82) is 0 Å². The highest BCUT2D eigenvalue weighted by molar-refractivity contribution is 5.75. The molecule has 0 saturated carbocycles. The minimum Gasteiger partial charge on any atom is -0.355 e. The van der Waals surface area contributed by atoms with Gasteiger partial charge in [0.2, 0.25) is 17.6 Å². The van der Waals surface area contributed by atoms with E-state index < -0.39 is 0 Å². The van der Waals surface area contributed by atoms with Crippen molar-refractivity contribution < 1.29 is 9.32 Å². The van der Waals surface area contributed by atoms with E-state index in [4.69, 9.17) is 4.52 Å². The smallest absolute Gasteiger partial charge is 0.231 e. The monoisotopic (exact) mass is 325 g/mol. The maximum Gasteiger partial charge on any atom is 0.231 e. The molecule has 1 N–H and O–H groups in total. The summed E-state index contributed by atoms with van der Waals surface area (Å²) < 4.78 is 7.18. The van der Waals surface area contributed by atoms with Gasteiger partial charge in [-0.2, -0.15) is 4.98 Å². The molecule has 0 spiro atoms. The molecule has 0 aliphatic heterocycles.